The van der Waals surface area contributed by atoms with Crippen LogP contribution < -0.4 is 11.1 Å². The normalized spacial score (nSPS) is 27.4. The lowest BCUT2D eigenvalue weighted by Crippen LogP contribution is -2.41. The predicted octanol–water partition coefficient (Wildman–Crippen LogP) is 2.91. The first-order chi connectivity index (χ1) is 13.4. The van der Waals surface area contributed by atoms with E-state index in [1.807, 2.05) is 12.3 Å². The third-order valence-electron chi connectivity index (χ3n) is 6.39. The molecule has 3 aromatic rings. The maximum atomic E-state index is 12.6. The van der Waals surface area contributed by atoms with Crippen molar-refractivity contribution in [3.8, 4) is 0 Å². The monoisotopic (exact) mass is 392 g/mol. The van der Waals surface area contributed by atoms with Crippen LogP contribution in [0.3, 0.4) is 0 Å². The fourth-order valence-electron chi connectivity index (χ4n) is 5.36. The van der Waals surface area contributed by atoms with Gasteiger partial charge in [-0.1, -0.05) is 0 Å². The smallest absolute Gasteiger partial charge is 0.346 e. The Kier molecular flexibility index (Phi) is 4.13. The molecule has 4 atom stereocenters. The van der Waals surface area contributed by atoms with Gasteiger partial charge < -0.3 is 20.6 Å². The van der Waals surface area contributed by atoms with E-state index in [-0.39, 0.29) is 18.0 Å². The summed E-state index contributed by atoms with van der Waals surface area (Å²) in [5.74, 6) is 1.57. The molecule has 3 aromatic heterocycles. The predicted molar refractivity (Wildman–Crippen MR) is 99.9 cm³/mol. The second kappa shape index (κ2) is 6.45. The number of nitrogens with one attached hydrogen (secondary N) is 2. The van der Waals surface area contributed by atoms with Crippen LogP contribution in [0.25, 0.3) is 22.1 Å². The number of fused-ring (bicyclic) bond motifs is 5. The van der Waals surface area contributed by atoms with Crippen molar-refractivity contribution in [3.05, 3.63) is 24.3 Å². The van der Waals surface area contributed by atoms with E-state index >= 15 is 0 Å². The lowest BCUT2D eigenvalue weighted by atomic mass is 9.90. The first-order valence-corrected chi connectivity index (χ1v) is 9.77. The van der Waals surface area contributed by atoms with Crippen molar-refractivity contribution in [1.82, 2.24) is 24.8 Å². The molecule has 0 aliphatic heterocycles. The number of H-pyrrole nitrogens is 1. The molecule has 0 saturated heterocycles. The molecule has 2 bridgehead atoms. The van der Waals surface area contributed by atoms with Gasteiger partial charge in [0.15, 0.2) is 0 Å². The van der Waals surface area contributed by atoms with Crippen LogP contribution in [0.15, 0.2) is 18.5 Å². The van der Waals surface area contributed by atoms with E-state index in [9.17, 15) is 13.2 Å². The standard InChI is InChI=1S/C19H23F3N6/c20-19(21,22)9-26-13-6-11-5-10(13)7-15(11)28-16(1-3-23)27-14-8-25-18-12(17(14)28)2-4-24-18/h2,4,8,10-11,13,15,26H,1,3,5-7,9,23H2,(H,24,25). The van der Waals surface area contributed by atoms with E-state index in [4.69, 9.17) is 10.7 Å². The number of nitrogens with zero attached hydrogens (tertiary/aromatic N) is 3. The number of rotatable bonds is 5. The van der Waals surface area contributed by atoms with Crippen molar-refractivity contribution in [2.24, 2.45) is 17.6 Å². The Morgan fingerprint density at radius 2 is 2.11 bits per heavy atom. The van der Waals surface area contributed by atoms with Crippen LogP contribution in [0.1, 0.15) is 31.1 Å². The van der Waals surface area contributed by atoms with Crippen molar-refractivity contribution >= 4 is 22.1 Å². The topological polar surface area (TPSA) is 84.6 Å². The van der Waals surface area contributed by atoms with Crippen LogP contribution in [0.4, 0.5) is 13.2 Å². The molecule has 0 aromatic carbocycles. The highest BCUT2D eigenvalue weighted by Crippen LogP contribution is 2.52. The number of aromatic nitrogens is 4. The molecule has 5 rings (SSSR count). The van der Waals surface area contributed by atoms with Crippen LogP contribution in [0, 0.1) is 11.8 Å². The summed E-state index contributed by atoms with van der Waals surface area (Å²) in [6.07, 6.45) is 2.77. The highest BCUT2D eigenvalue weighted by Gasteiger charge is 2.48. The molecule has 0 radical (unpaired) electrons. The van der Waals surface area contributed by atoms with Gasteiger partial charge in [-0.25, -0.2) is 9.97 Å². The first kappa shape index (κ1) is 17.9. The van der Waals surface area contributed by atoms with Gasteiger partial charge in [0.2, 0.25) is 0 Å². The van der Waals surface area contributed by atoms with Crippen LogP contribution in [0.2, 0.25) is 0 Å². The fourth-order valence-corrected chi connectivity index (χ4v) is 5.36. The Balaban J connectivity index is 1.49. The average molecular weight is 392 g/mol. The van der Waals surface area contributed by atoms with Gasteiger partial charge >= 0.3 is 6.18 Å². The lowest BCUT2D eigenvalue weighted by Gasteiger charge is -2.31. The summed E-state index contributed by atoms with van der Waals surface area (Å²) in [7, 11) is 0. The molecular formula is C19H23F3N6. The van der Waals surface area contributed by atoms with Gasteiger partial charge in [0.25, 0.3) is 0 Å². The van der Waals surface area contributed by atoms with Gasteiger partial charge in [-0.15, -0.1) is 0 Å². The van der Waals surface area contributed by atoms with Crippen LogP contribution in [-0.2, 0) is 6.42 Å². The van der Waals surface area contributed by atoms with E-state index in [1.165, 1.54) is 0 Å². The summed E-state index contributed by atoms with van der Waals surface area (Å²) in [5.41, 5.74) is 8.56. The fraction of sp³-hybridized carbons (Fsp3) is 0.579. The van der Waals surface area contributed by atoms with Crippen molar-refractivity contribution in [1.29, 1.82) is 0 Å². The van der Waals surface area contributed by atoms with E-state index in [0.717, 1.165) is 47.2 Å². The van der Waals surface area contributed by atoms with E-state index in [0.29, 0.717) is 18.9 Å². The minimum Gasteiger partial charge on any atom is -0.346 e. The highest BCUT2D eigenvalue weighted by molar-refractivity contribution is 6.01. The van der Waals surface area contributed by atoms with Gasteiger partial charge in [0.05, 0.1) is 18.3 Å². The molecule has 4 N–H and O–H groups in total. The Morgan fingerprint density at radius 3 is 2.82 bits per heavy atom. The lowest BCUT2D eigenvalue weighted by molar-refractivity contribution is -0.127. The number of alkyl halides is 3. The maximum absolute atomic E-state index is 12.6. The second-order valence-corrected chi connectivity index (χ2v) is 8.07. The largest absolute Gasteiger partial charge is 0.401 e. The van der Waals surface area contributed by atoms with E-state index in [1.54, 1.807) is 6.20 Å². The second-order valence-electron chi connectivity index (χ2n) is 8.07. The minimum atomic E-state index is -4.16. The molecule has 3 heterocycles. The number of nitrogens with two attached hydrogens (primary N) is 1. The quantitative estimate of drug-likeness (QED) is 0.623. The molecule has 2 aliphatic carbocycles. The molecule has 9 heteroatoms. The maximum Gasteiger partial charge on any atom is 0.401 e. The summed E-state index contributed by atoms with van der Waals surface area (Å²) in [5, 5.41) is 3.77. The Morgan fingerprint density at radius 1 is 1.25 bits per heavy atom. The molecular weight excluding hydrogens is 369 g/mol. The van der Waals surface area contributed by atoms with E-state index in [2.05, 4.69) is 19.9 Å². The summed E-state index contributed by atoms with van der Waals surface area (Å²) < 4.78 is 40.1. The number of halogens is 3. The molecule has 28 heavy (non-hydrogen) atoms. The number of pyridine rings is 1. The molecule has 2 aliphatic rings. The zero-order chi connectivity index (χ0) is 19.5. The summed E-state index contributed by atoms with van der Waals surface area (Å²) in [4.78, 5) is 12.4. The molecule has 150 valence electrons. The SMILES string of the molecule is NCCc1nc2cnc3[nH]ccc3c2n1C1CC2CC1CC2NCC(F)(F)F. The molecule has 6 nitrogen and oxygen atoms in total. The van der Waals surface area contributed by atoms with Crippen LogP contribution in [0.5, 0.6) is 0 Å². The van der Waals surface area contributed by atoms with Crippen molar-refractivity contribution in [2.45, 2.75) is 43.9 Å². The van der Waals surface area contributed by atoms with E-state index < -0.39 is 12.7 Å². The zero-order valence-electron chi connectivity index (χ0n) is 15.3. The van der Waals surface area contributed by atoms with Crippen molar-refractivity contribution in [3.63, 3.8) is 0 Å². The van der Waals surface area contributed by atoms with Crippen LogP contribution >= 0.6 is 0 Å². The molecule has 0 amide bonds. The Bertz CT molecular complexity index is 1010. The molecule has 2 fully saturated rings. The number of hydrogen-bond donors (Lipinski definition) is 3. The minimum absolute atomic E-state index is 0.0513. The van der Waals surface area contributed by atoms with Crippen molar-refractivity contribution < 1.29 is 13.2 Å². The number of hydrogen-bond acceptors (Lipinski definition) is 4. The summed E-state index contributed by atoms with van der Waals surface area (Å²) in [6, 6.07) is 2.21. The molecule has 4 unspecified atom stereocenters. The third-order valence-corrected chi connectivity index (χ3v) is 6.39. The Labute approximate surface area is 159 Å². The average Bonchev–Trinajstić information content (AvgIpc) is 3.39. The van der Waals surface area contributed by atoms with Gasteiger partial charge in [-0.2, -0.15) is 13.2 Å². The first-order valence-electron chi connectivity index (χ1n) is 9.77. The molecule has 2 saturated carbocycles. The zero-order valence-corrected chi connectivity index (χ0v) is 15.3. The third kappa shape index (κ3) is 2.88. The highest BCUT2D eigenvalue weighted by atomic mass is 19.4. The van der Waals surface area contributed by atoms with Gasteiger partial charge in [0, 0.05) is 30.1 Å². The summed E-state index contributed by atoms with van der Waals surface area (Å²) in [6.45, 7) is -0.406. The number of imidazole rings is 1. The van der Waals surface area contributed by atoms with Gasteiger partial charge in [0.1, 0.15) is 17.0 Å². The Hall–Kier alpha value is -2.13. The summed E-state index contributed by atoms with van der Waals surface area (Å²) >= 11 is 0. The van der Waals surface area contributed by atoms with Gasteiger partial charge in [-0.05, 0) is 43.7 Å². The number of aromatic amines is 1. The van der Waals surface area contributed by atoms with Crippen molar-refractivity contribution in [2.75, 3.05) is 13.1 Å². The molecule has 0 spiro atoms. The van der Waals surface area contributed by atoms with Crippen LogP contribution in [-0.4, -0.2) is 44.8 Å². The van der Waals surface area contributed by atoms with Gasteiger partial charge in [-0.3, -0.25) is 0 Å².